The SMILES string of the molecule is CCOC(=O)c1c(C)csc1Nc1ccc(F)cc1N. The summed E-state index contributed by atoms with van der Waals surface area (Å²) in [7, 11) is 0. The van der Waals surface area contributed by atoms with Gasteiger partial charge >= 0.3 is 5.97 Å². The van der Waals surface area contributed by atoms with Crippen molar-refractivity contribution in [1.82, 2.24) is 0 Å². The van der Waals surface area contributed by atoms with Crippen molar-refractivity contribution in [1.29, 1.82) is 0 Å². The van der Waals surface area contributed by atoms with Gasteiger partial charge in [0.2, 0.25) is 0 Å². The molecule has 3 N–H and O–H groups in total. The van der Waals surface area contributed by atoms with Gasteiger partial charge < -0.3 is 15.8 Å². The number of carbonyl (C=O) groups is 1. The molecule has 6 heteroatoms. The van der Waals surface area contributed by atoms with Gasteiger partial charge in [0.25, 0.3) is 0 Å². The Morgan fingerprint density at radius 2 is 2.25 bits per heavy atom. The number of nitrogens with one attached hydrogen (secondary N) is 1. The molecule has 2 aromatic rings. The molecule has 1 aromatic heterocycles. The number of hydrogen-bond acceptors (Lipinski definition) is 5. The minimum Gasteiger partial charge on any atom is -0.462 e. The number of thiophene rings is 1. The highest BCUT2D eigenvalue weighted by Crippen LogP contribution is 2.33. The van der Waals surface area contributed by atoms with E-state index >= 15 is 0 Å². The molecule has 0 saturated carbocycles. The molecule has 1 aromatic carbocycles. The second-order valence-corrected chi connectivity index (χ2v) is 5.08. The average molecular weight is 294 g/mol. The number of benzene rings is 1. The lowest BCUT2D eigenvalue weighted by Crippen LogP contribution is -2.07. The number of esters is 1. The Balaban J connectivity index is 2.32. The smallest absolute Gasteiger partial charge is 0.341 e. The van der Waals surface area contributed by atoms with Crippen LogP contribution in [0.15, 0.2) is 23.6 Å². The molecule has 1 heterocycles. The first-order chi connectivity index (χ1) is 9.52. The lowest BCUT2D eigenvalue weighted by Gasteiger charge is -2.10. The van der Waals surface area contributed by atoms with Crippen LogP contribution in [0.2, 0.25) is 0 Å². The maximum absolute atomic E-state index is 13.0. The fraction of sp³-hybridized carbons (Fsp3) is 0.214. The Hall–Kier alpha value is -2.08. The van der Waals surface area contributed by atoms with Crippen molar-refractivity contribution in [3.05, 3.63) is 40.5 Å². The summed E-state index contributed by atoms with van der Waals surface area (Å²) < 4.78 is 18.1. The van der Waals surface area contributed by atoms with Crippen molar-refractivity contribution >= 4 is 33.7 Å². The predicted molar refractivity (Wildman–Crippen MR) is 79.1 cm³/mol. The Kier molecular flexibility index (Phi) is 4.24. The molecule has 0 spiro atoms. The Morgan fingerprint density at radius 3 is 2.90 bits per heavy atom. The van der Waals surface area contributed by atoms with Gasteiger partial charge in [0.1, 0.15) is 10.8 Å². The van der Waals surface area contributed by atoms with Crippen LogP contribution in [-0.4, -0.2) is 12.6 Å². The van der Waals surface area contributed by atoms with Crippen LogP contribution in [-0.2, 0) is 4.74 Å². The molecular formula is C14H15FN2O2S. The van der Waals surface area contributed by atoms with E-state index in [1.54, 1.807) is 6.92 Å². The molecule has 106 valence electrons. The molecule has 0 saturated heterocycles. The van der Waals surface area contributed by atoms with E-state index < -0.39 is 5.82 Å². The third kappa shape index (κ3) is 2.91. The highest BCUT2D eigenvalue weighted by Gasteiger charge is 2.18. The molecule has 2 rings (SSSR count). The molecule has 0 bridgehead atoms. The first kappa shape index (κ1) is 14.3. The van der Waals surface area contributed by atoms with Crippen molar-refractivity contribution in [2.24, 2.45) is 0 Å². The Morgan fingerprint density at radius 1 is 1.50 bits per heavy atom. The molecule has 0 amide bonds. The molecule has 0 radical (unpaired) electrons. The van der Waals surface area contributed by atoms with Crippen LogP contribution >= 0.6 is 11.3 Å². The zero-order chi connectivity index (χ0) is 14.7. The summed E-state index contributed by atoms with van der Waals surface area (Å²) in [6.45, 7) is 3.90. The van der Waals surface area contributed by atoms with Gasteiger partial charge in [0.15, 0.2) is 0 Å². The van der Waals surface area contributed by atoms with E-state index in [4.69, 9.17) is 10.5 Å². The van der Waals surface area contributed by atoms with Crippen molar-refractivity contribution < 1.29 is 13.9 Å². The number of carbonyl (C=O) groups excluding carboxylic acids is 1. The topological polar surface area (TPSA) is 64.3 Å². The largest absolute Gasteiger partial charge is 0.462 e. The van der Waals surface area contributed by atoms with Gasteiger partial charge in [-0.25, -0.2) is 9.18 Å². The second kappa shape index (κ2) is 5.92. The van der Waals surface area contributed by atoms with Gasteiger partial charge in [0, 0.05) is 0 Å². The summed E-state index contributed by atoms with van der Waals surface area (Å²) in [5.74, 6) is -0.782. The number of halogens is 1. The lowest BCUT2D eigenvalue weighted by atomic mass is 10.2. The maximum atomic E-state index is 13.0. The summed E-state index contributed by atoms with van der Waals surface area (Å²) in [4.78, 5) is 11.9. The fourth-order valence-electron chi connectivity index (χ4n) is 1.76. The monoisotopic (exact) mass is 294 g/mol. The number of nitrogens with two attached hydrogens (primary N) is 1. The van der Waals surface area contributed by atoms with Crippen LogP contribution in [0.5, 0.6) is 0 Å². The molecule has 0 aliphatic heterocycles. The standard InChI is InChI=1S/C14H15FN2O2S/c1-3-19-14(18)12-8(2)7-20-13(12)17-11-5-4-9(15)6-10(11)16/h4-7,17H,3,16H2,1-2H3. The quantitative estimate of drug-likeness (QED) is 0.666. The van der Waals surface area contributed by atoms with Gasteiger partial charge in [-0.1, -0.05) is 0 Å². The molecule has 4 nitrogen and oxygen atoms in total. The molecule has 20 heavy (non-hydrogen) atoms. The fourth-order valence-corrected chi connectivity index (χ4v) is 2.71. The van der Waals surface area contributed by atoms with Gasteiger partial charge in [-0.2, -0.15) is 0 Å². The Labute approximate surface area is 120 Å². The van der Waals surface area contributed by atoms with Gasteiger partial charge in [-0.15, -0.1) is 11.3 Å². The summed E-state index contributed by atoms with van der Waals surface area (Å²) in [6.07, 6.45) is 0. The second-order valence-electron chi connectivity index (χ2n) is 4.20. The lowest BCUT2D eigenvalue weighted by molar-refractivity contribution is 0.0527. The van der Waals surface area contributed by atoms with Crippen LogP contribution in [0.25, 0.3) is 0 Å². The van der Waals surface area contributed by atoms with Crippen molar-refractivity contribution in [3.63, 3.8) is 0 Å². The molecule has 0 unspecified atom stereocenters. The predicted octanol–water partition coefficient (Wildman–Crippen LogP) is 3.70. The first-order valence-electron chi connectivity index (χ1n) is 6.10. The number of ether oxygens (including phenoxy) is 1. The highest BCUT2D eigenvalue weighted by molar-refractivity contribution is 7.14. The number of rotatable bonds is 4. The zero-order valence-corrected chi connectivity index (χ0v) is 12.0. The third-order valence-corrected chi connectivity index (χ3v) is 3.73. The van der Waals surface area contributed by atoms with Crippen LogP contribution < -0.4 is 11.1 Å². The highest BCUT2D eigenvalue weighted by atomic mass is 32.1. The Bertz CT molecular complexity index is 640. The number of anilines is 3. The molecular weight excluding hydrogens is 279 g/mol. The van der Waals surface area contributed by atoms with Crippen molar-refractivity contribution in [2.45, 2.75) is 13.8 Å². The van der Waals surface area contributed by atoms with E-state index in [1.807, 2.05) is 12.3 Å². The normalized spacial score (nSPS) is 10.3. The number of hydrogen-bond donors (Lipinski definition) is 2. The molecule has 0 atom stereocenters. The zero-order valence-electron chi connectivity index (χ0n) is 11.2. The van der Waals surface area contributed by atoms with E-state index in [9.17, 15) is 9.18 Å². The minimum atomic E-state index is -0.402. The van der Waals surface area contributed by atoms with E-state index in [-0.39, 0.29) is 11.7 Å². The van der Waals surface area contributed by atoms with E-state index in [0.29, 0.717) is 22.9 Å². The first-order valence-corrected chi connectivity index (χ1v) is 6.98. The summed E-state index contributed by atoms with van der Waals surface area (Å²) in [5.41, 5.74) is 7.90. The van der Waals surface area contributed by atoms with Crippen LogP contribution in [0.3, 0.4) is 0 Å². The van der Waals surface area contributed by atoms with Crippen molar-refractivity contribution in [2.75, 3.05) is 17.7 Å². The summed E-state index contributed by atoms with van der Waals surface area (Å²) in [5, 5.41) is 5.55. The van der Waals surface area contributed by atoms with Crippen LogP contribution in [0.1, 0.15) is 22.8 Å². The minimum absolute atomic E-state index is 0.283. The molecule has 0 aliphatic carbocycles. The summed E-state index contributed by atoms with van der Waals surface area (Å²) in [6, 6.07) is 4.07. The number of nitrogen functional groups attached to an aromatic ring is 1. The number of aryl methyl sites for hydroxylation is 1. The maximum Gasteiger partial charge on any atom is 0.341 e. The molecule has 0 aliphatic rings. The van der Waals surface area contributed by atoms with Crippen LogP contribution in [0.4, 0.5) is 20.8 Å². The van der Waals surface area contributed by atoms with E-state index in [1.165, 1.54) is 29.5 Å². The van der Waals surface area contributed by atoms with Crippen molar-refractivity contribution in [3.8, 4) is 0 Å². The van der Waals surface area contributed by atoms with Gasteiger partial charge in [-0.3, -0.25) is 0 Å². The van der Waals surface area contributed by atoms with Gasteiger partial charge in [-0.05, 0) is 43.0 Å². The van der Waals surface area contributed by atoms with E-state index in [2.05, 4.69) is 5.32 Å². The third-order valence-electron chi connectivity index (χ3n) is 2.72. The van der Waals surface area contributed by atoms with Gasteiger partial charge in [0.05, 0.1) is 23.5 Å². The summed E-state index contributed by atoms with van der Waals surface area (Å²) >= 11 is 1.38. The molecule has 0 fully saturated rings. The van der Waals surface area contributed by atoms with Crippen LogP contribution in [0, 0.1) is 12.7 Å². The van der Waals surface area contributed by atoms with E-state index in [0.717, 1.165) is 5.56 Å². The average Bonchev–Trinajstić information content (AvgIpc) is 2.74.